The Balaban J connectivity index is 1.63. The molecule has 0 radical (unpaired) electrons. The van der Waals surface area contributed by atoms with E-state index in [0.717, 1.165) is 11.1 Å². The minimum absolute atomic E-state index is 0.222. The number of halogens is 1. The molecule has 2 aromatic carbocycles. The SMILES string of the molecule is Cc1onc(-c2ccccc2)c1C(=O)OCC(=O)N(C)Cc1ccc(Cl)cc1. The number of aromatic nitrogens is 1. The Kier molecular flexibility index (Phi) is 6.11. The van der Waals surface area contributed by atoms with Gasteiger partial charge < -0.3 is 14.2 Å². The zero-order valence-corrected chi connectivity index (χ0v) is 16.3. The topological polar surface area (TPSA) is 72.6 Å². The number of ether oxygens (including phenoxy) is 1. The van der Waals surface area contributed by atoms with Crippen LogP contribution in [0.1, 0.15) is 21.7 Å². The quantitative estimate of drug-likeness (QED) is 0.584. The van der Waals surface area contributed by atoms with Crippen LogP contribution in [0.25, 0.3) is 11.3 Å². The summed E-state index contributed by atoms with van der Waals surface area (Å²) in [5.41, 5.74) is 2.27. The second-order valence-corrected chi connectivity index (χ2v) is 6.72. The molecule has 0 bridgehead atoms. The summed E-state index contributed by atoms with van der Waals surface area (Å²) in [5, 5.41) is 4.58. The maximum absolute atomic E-state index is 12.5. The van der Waals surface area contributed by atoms with Gasteiger partial charge in [-0.2, -0.15) is 0 Å². The van der Waals surface area contributed by atoms with E-state index in [1.807, 2.05) is 42.5 Å². The van der Waals surface area contributed by atoms with Gasteiger partial charge in [-0.1, -0.05) is 59.2 Å². The maximum Gasteiger partial charge on any atom is 0.344 e. The molecule has 0 saturated carbocycles. The van der Waals surface area contributed by atoms with Gasteiger partial charge in [0.05, 0.1) is 0 Å². The minimum Gasteiger partial charge on any atom is -0.452 e. The van der Waals surface area contributed by atoms with Gasteiger partial charge in [0.15, 0.2) is 6.61 Å². The summed E-state index contributed by atoms with van der Waals surface area (Å²) in [5.74, 6) is -0.629. The lowest BCUT2D eigenvalue weighted by Crippen LogP contribution is -2.30. The summed E-state index contributed by atoms with van der Waals surface area (Å²) in [6.45, 7) is 1.64. The van der Waals surface area contributed by atoms with Crippen LogP contribution in [0.15, 0.2) is 59.1 Å². The Labute approximate surface area is 167 Å². The fourth-order valence-electron chi connectivity index (χ4n) is 2.67. The van der Waals surface area contributed by atoms with Crippen molar-refractivity contribution in [2.24, 2.45) is 0 Å². The minimum atomic E-state index is -0.647. The third kappa shape index (κ3) is 4.58. The zero-order chi connectivity index (χ0) is 20.1. The van der Waals surface area contributed by atoms with Crippen molar-refractivity contribution in [1.82, 2.24) is 10.1 Å². The zero-order valence-electron chi connectivity index (χ0n) is 15.5. The molecule has 0 saturated heterocycles. The first kappa shape index (κ1) is 19.6. The fraction of sp³-hybridized carbons (Fsp3) is 0.190. The molecule has 0 unspecified atom stereocenters. The van der Waals surface area contributed by atoms with Crippen molar-refractivity contribution in [3.63, 3.8) is 0 Å². The molecule has 0 N–H and O–H groups in total. The van der Waals surface area contributed by atoms with Crippen molar-refractivity contribution in [1.29, 1.82) is 0 Å². The number of nitrogens with zero attached hydrogens (tertiary/aromatic N) is 2. The molecule has 0 atom stereocenters. The van der Waals surface area contributed by atoms with Crippen LogP contribution in [0, 0.1) is 6.92 Å². The summed E-state index contributed by atoms with van der Waals surface area (Å²) < 4.78 is 10.4. The first-order valence-corrected chi connectivity index (χ1v) is 9.00. The van der Waals surface area contributed by atoms with E-state index in [9.17, 15) is 9.59 Å². The van der Waals surface area contributed by atoms with Crippen LogP contribution >= 0.6 is 11.6 Å². The number of hydrogen-bond acceptors (Lipinski definition) is 5. The molecule has 3 aromatic rings. The van der Waals surface area contributed by atoms with Crippen molar-refractivity contribution in [3.8, 4) is 11.3 Å². The van der Waals surface area contributed by atoms with Crippen molar-refractivity contribution in [2.45, 2.75) is 13.5 Å². The molecule has 6 nitrogen and oxygen atoms in total. The number of rotatable bonds is 6. The lowest BCUT2D eigenvalue weighted by molar-refractivity contribution is -0.133. The van der Waals surface area contributed by atoms with Gasteiger partial charge in [0.25, 0.3) is 5.91 Å². The van der Waals surface area contributed by atoms with E-state index in [0.29, 0.717) is 23.0 Å². The summed E-state index contributed by atoms with van der Waals surface area (Å²) in [7, 11) is 1.64. The number of aryl methyl sites for hydroxylation is 1. The lowest BCUT2D eigenvalue weighted by atomic mass is 10.1. The van der Waals surface area contributed by atoms with Gasteiger partial charge in [0.1, 0.15) is 17.0 Å². The van der Waals surface area contributed by atoms with Crippen LogP contribution in [0.2, 0.25) is 5.02 Å². The molecule has 144 valence electrons. The molecule has 1 heterocycles. The summed E-state index contributed by atoms with van der Waals surface area (Å²) >= 11 is 5.86. The highest BCUT2D eigenvalue weighted by atomic mass is 35.5. The molecule has 7 heteroatoms. The second kappa shape index (κ2) is 8.71. The van der Waals surface area contributed by atoms with E-state index in [4.69, 9.17) is 20.9 Å². The Bertz CT molecular complexity index is 968. The van der Waals surface area contributed by atoms with E-state index in [-0.39, 0.29) is 18.1 Å². The monoisotopic (exact) mass is 398 g/mol. The smallest absolute Gasteiger partial charge is 0.344 e. The van der Waals surface area contributed by atoms with E-state index in [2.05, 4.69) is 5.16 Å². The Morgan fingerprint density at radius 3 is 2.46 bits per heavy atom. The number of carbonyl (C=O) groups is 2. The summed E-state index contributed by atoms with van der Waals surface area (Å²) in [6, 6.07) is 16.4. The Morgan fingerprint density at radius 1 is 1.11 bits per heavy atom. The van der Waals surface area contributed by atoms with Crippen LogP contribution in [0.3, 0.4) is 0 Å². The molecular weight excluding hydrogens is 380 g/mol. The van der Waals surface area contributed by atoms with Gasteiger partial charge in [-0.25, -0.2) is 4.79 Å². The first-order chi connectivity index (χ1) is 13.5. The van der Waals surface area contributed by atoms with Crippen molar-refractivity contribution in [3.05, 3.63) is 76.5 Å². The molecule has 0 aliphatic carbocycles. The van der Waals surface area contributed by atoms with Gasteiger partial charge in [-0.05, 0) is 24.6 Å². The summed E-state index contributed by atoms with van der Waals surface area (Å²) in [6.07, 6.45) is 0. The van der Waals surface area contributed by atoms with E-state index in [1.54, 1.807) is 26.1 Å². The molecule has 3 rings (SSSR count). The predicted octanol–water partition coefficient (Wildman–Crippen LogP) is 4.12. The van der Waals surface area contributed by atoms with E-state index in [1.165, 1.54) is 4.90 Å². The third-order valence-corrected chi connectivity index (χ3v) is 4.45. The summed E-state index contributed by atoms with van der Waals surface area (Å²) in [4.78, 5) is 26.3. The lowest BCUT2D eigenvalue weighted by Gasteiger charge is -2.17. The average Bonchev–Trinajstić information content (AvgIpc) is 3.09. The molecule has 0 spiro atoms. The normalized spacial score (nSPS) is 10.5. The Hall–Kier alpha value is -3.12. The van der Waals surface area contributed by atoms with Crippen LogP contribution in [-0.4, -0.2) is 35.6 Å². The fourth-order valence-corrected chi connectivity index (χ4v) is 2.79. The van der Waals surface area contributed by atoms with Crippen LogP contribution in [-0.2, 0) is 16.1 Å². The highest BCUT2D eigenvalue weighted by molar-refractivity contribution is 6.30. The molecule has 1 amide bonds. The highest BCUT2D eigenvalue weighted by Crippen LogP contribution is 2.25. The standard InChI is InChI=1S/C21H19ClN2O4/c1-14-19(20(23-28-14)16-6-4-3-5-7-16)21(26)27-13-18(25)24(2)12-15-8-10-17(22)11-9-15/h3-11H,12-13H2,1-2H3. The van der Waals surface area contributed by atoms with Gasteiger partial charge in [0, 0.05) is 24.2 Å². The molecule has 0 fully saturated rings. The Morgan fingerprint density at radius 2 is 1.79 bits per heavy atom. The van der Waals surface area contributed by atoms with Crippen molar-refractivity contribution < 1.29 is 18.8 Å². The van der Waals surface area contributed by atoms with Crippen LogP contribution in [0.5, 0.6) is 0 Å². The number of hydrogen-bond donors (Lipinski definition) is 0. The van der Waals surface area contributed by atoms with Gasteiger partial charge in [-0.3, -0.25) is 4.79 Å². The number of amides is 1. The highest BCUT2D eigenvalue weighted by Gasteiger charge is 2.24. The third-order valence-electron chi connectivity index (χ3n) is 4.20. The van der Waals surface area contributed by atoms with Crippen molar-refractivity contribution in [2.75, 3.05) is 13.7 Å². The largest absolute Gasteiger partial charge is 0.452 e. The number of esters is 1. The van der Waals surface area contributed by atoms with Crippen LogP contribution < -0.4 is 0 Å². The maximum atomic E-state index is 12.5. The average molecular weight is 399 g/mol. The van der Waals surface area contributed by atoms with Gasteiger partial charge >= 0.3 is 5.97 Å². The molecule has 28 heavy (non-hydrogen) atoms. The van der Waals surface area contributed by atoms with Crippen molar-refractivity contribution >= 4 is 23.5 Å². The predicted molar refractivity (Wildman–Crippen MR) is 105 cm³/mol. The molecule has 0 aliphatic rings. The van der Waals surface area contributed by atoms with Crippen LogP contribution in [0.4, 0.5) is 0 Å². The first-order valence-electron chi connectivity index (χ1n) is 8.63. The molecule has 0 aliphatic heterocycles. The van der Waals surface area contributed by atoms with Gasteiger partial charge in [0.2, 0.25) is 0 Å². The second-order valence-electron chi connectivity index (χ2n) is 6.28. The number of carbonyl (C=O) groups excluding carboxylic acids is 2. The van der Waals surface area contributed by atoms with E-state index < -0.39 is 5.97 Å². The number of benzene rings is 2. The number of likely N-dealkylation sites (N-methyl/N-ethyl adjacent to an activating group) is 1. The van der Waals surface area contributed by atoms with E-state index >= 15 is 0 Å². The van der Waals surface area contributed by atoms with Gasteiger partial charge in [-0.15, -0.1) is 0 Å². The molecular formula is C21H19ClN2O4. The molecule has 1 aromatic heterocycles.